The summed E-state index contributed by atoms with van der Waals surface area (Å²) in [6, 6.07) is 10.2. The number of rotatable bonds is 3. The fraction of sp³-hybridized carbons (Fsp3) is 0.133. The van der Waals surface area contributed by atoms with Gasteiger partial charge in [0.05, 0.1) is 5.56 Å². The van der Waals surface area contributed by atoms with Crippen LogP contribution in [0.2, 0.25) is 0 Å². The normalized spacial score (nSPS) is 10.3. The molecule has 19 heavy (non-hydrogen) atoms. The van der Waals surface area contributed by atoms with Crippen molar-refractivity contribution in [2.45, 2.75) is 13.8 Å². The Morgan fingerprint density at radius 2 is 1.89 bits per heavy atom. The summed E-state index contributed by atoms with van der Waals surface area (Å²) < 4.78 is 19.4. The summed E-state index contributed by atoms with van der Waals surface area (Å²) in [6.45, 7) is 3.85. The summed E-state index contributed by atoms with van der Waals surface area (Å²) in [5, 5.41) is 7.44. The SMILES string of the molecule is Cc1ccc(C)c(Oc2cccc(F)c2C(=N)N)c1. The molecular formula is C15H15FN2O. The third-order valence-corrected chi connectivity index (χ3v) is 2.81. The van der Waals surface area contributed by atoms with Gasteiger partial charge in [-0.15, -0.1) is 0 Å². The third-order valence-electron chi connectivity index (χ3n) is 2.81. The maximum absolute atomic E-state index is 13.7. The minimum atomic E-state index is -0.560. The fourth-order valence-electron chi connectivity index (χ4n) is 1.79. The van der Waals surface area contributed by atoms with Crippen molar-refractivity contribution in [1.29, 1.82) is 5.41 Å². The van der Waals surface area contributed by atoms with Crippen LogP contribution in [0.25, 0.3) is 0 Å². The van der Waals surface area contributed by atoms with Crippen molar-refractivity contribution in [3.05, 3.63) is 58.9 Å². The molecule has 0 fully saturated rings. The molecule has 0 radical (unpaired) electrons. The van der Waals surface area contributed by atoms with Gasteiger partial charge in [-0.05, 0) is 43.2 Å². The maximum atomic E-state index is 13.7. The Labute approximate surface area is 111 Å². The van der Waals surface area contributed by atoms with Gasteiger partial charge in [0.25, 0.3) is 0 Å². The van der Waals surface area contributed by atoms with Gasteiger partial charge in [-0.2, -0.15) is 0 Å². The van der Waals surface area contributed by atoms with Crippen LogP contribution in [0, 0.1) is 25.1 Å². The van der Waals surface area contributed by atoms with Crippen molar-refractivity contribution in [3.8, 4) is 11.5 Å². The fourth-order valence-corrected chi connectivity index (χ4v) is 1.79. The van der Waals surface area contributed by atoms with E-state index in [4.69, 9.17) is 15.9 Å². The molecule has 2 aromatic carbocycles. The van der Waals surface area contributed by atoms with E-state index in [0.717, 1.165) is 11.1 Å². The van der Waals surface area contributed by atoms with E-state index in [1.807, 2.05) is 32.0 Å². The molecule has 2 rings (SSSR count). The first kappa shape index (κ1) is 13.1. The summed E-state index contributed by atoms with van der Waals surface area (Å²) in [5.74, 6) is -0.0250. The van der Waals surface area contributed by atoms with Crippen LogP contribution in [-0.4, -0.2) is 5.84 Å². The molecule has 0 saturated carbocycles. The Kier molecular flexibility index (Phi) is 3.51. The average molecular weight is 258 g/mol. The average Bonchev–Trinajstić information content (AvgIpc) is 2.33. The predicted molar refractivity (Wildman–Crippen MR) is 73.4 cm³/mol. The van der Waals surface area contributed by atoms with Crippen molar-refractivity contribution in [2.75, 3.05) is 0 Å². The van der Waals surface area contributed by atoms with E-state index >= 15 is 0 Å². The quantitative estimate of drug-likeness (QED) is 0.653. The summed E-state index contributed by atoms with van der Waals surface area (Å²) in [4.78, 5) is 0. The molecule has 0 heterocycles. The highest BCUT2D eigenvalue weighted by molar-refractivity contribution is 5.98. The number of nitrogen functional groups attached to an aromatic ring is 1. The van der Waals surface area contributed by atoms with Gasteiger partial charge >= 0.3 is 0 Å². The highest BCUT2D eigenvalue weighted by Crippen LogP contribution is 2.29. The largest absolute Gasteiger partial charge is 0.456 e. The van der Waals surface area contributed by atoms with Gasteiger partial charge in [-0.1, -0.05) is 18.2 Å². The molecule has 0 aliphatic carbocycles. The molecular weight excluding hydrogens is 243 g/mol. The molecule has 0 aliphatic rings. The van der Waals surface area contributed by atoms with Crippen LogP contribution in [0.3, 0.4) is 0 Å². The number of halogens is 1. The van der Waals surface area contributed by atoms with Crippen LogP contribution >= 0.6 is 0 Å². The Bertz CT molecular complexity index is 638. The number of ether oxygens (including phenoxy) is 1. The van der Waals surface area contributed by atoms with Crippen molar-refractivity contribution in [3.63, 3.8) is 0 Å². The third kappa shape index (κ3) is 2.73. The monoisotopic (exact) mass is 258 g/mol. The second-order valence-electron chi connectivity index (χ2n) is 4.40. The molecule has 2 aromatic rings. The van der Waals surface area contributed by atoms with Crippen molar-refractivity contribution in [1.82, 2.24) is 0 Å². The summed E-state index contributed by atoms with van der Waals surface area (Å²) in [5.41, 5.74) is 7.37. The number of nitrogens with one attached hydrogen (secondary N) is 1. The zero-order chi connectivity index (χ0) is 14.0. The molecule has 98 valence electrons. The molecule has 0 aliphatic heterocycles. The lowest BCUT2D eigenvalue weighted by Crippen LogP contribution is -2.14. The van der Waals surface area contributed by atoms with E-state index < -0.39 is 5.82 Å². The van der Waals surface area contributed by atoms with Gasteiger partial charge in [-0.25, -0.2) is 4.39 Å². The van der Waals surface area contributed by atoms with Crippen LogP contribution in [0.4, 0.5) is 4.39 Å². The highest BCUT2D eigenvalue weighted by Gasteiger charge is 2.14. The van der Waals surface area contributed by atoms with Gasteiger partial charge < -0.3 is 10.5 Å². The second-order valence-corrected chi connectivity index (χ2v) is 4.40. The zero-order valence-electron chi connectivity index (χ0n) is 10.8. The van der Waals surface area contributed by atoms with Crippen LogP contribution in [0.15, 0.2) is 36.4 Å². The van der Waals surface area contributed by atoms with Crippen LogP contribution in [0.1, 0.15) is 16.7 Å². The van der Waals surface area contributed by atoms with E-state index in [1.165, 1.54) is 12.1 Å². The van der Waals surface area contributed by atoms with Gasteiger partial charge in [0.1, 0.15) is 23.2 Å². The lowest BCUT2D eigenvalue weighted by molar-refractivity contribution is 0.471. The van der Waals surface area contributed by atoms with E-state index in [1.54, 1.807) is 6.07 Å². The van der Waals surface area contributed by atoms with Crippen LogP contribution < -0.4 is 10.5 Å². The molecule has 0 bridgehead atoms. The van der Waals surface area contributed by atoms with Gasteiger partial charge in [-0.3, -0.25) is 5.41 Å². The van der Waals surface area contributed by atoms with Crippen molar-refractivity contribution < 1.29 is 9.13 Å². The molecule has 0 unspecified atom stereocenters. The Morgan fingerprint density at radius 1 is 1.16 bits per heavy atom. The lowest BCUT2D eigenvalue weighted by atomic mass is 10.1. The minimum Gasteiger partial charge on any atom is -0.456 e. The Morgan fingerprint density at radius 3 is 2.58 bits per heavy atom. The standard InChI is InChI=1S/C15H15FN2O/c1-9-6-7-10(2)13(8-9)19-12-5-3-4-11(16)14(12)15(17)18/h3-8H,1-2H3,(H3,17,18). The smallest absolute Gasteiger partial charge is 0.141 e. The molecule has 0 atom stereocenters. The molecule has 3 nitrogen and oxygen atoms in total. The molecule has 0 amide bonds. The van der Waals surface area contributed by atoms with Crippen molar-refractivity contribution >= 4 is 5.84 Å². The lowest BCUT2D eigenvalue weighted by Gasteiger charge is -2.13. The van der Waals surface area contributed by atoms with E-state index in [0.29, 0.717) is 5.75 Å². The topological polar surface area (TPSA) is 59.1 Å². The summed E-state index contributed by atoms with van der Waals surface area (Å²) in [6.07, 6.45) is 0. The molecule has 0 spiro atoms. The summed E-state index contributed by atoms with van der Waals surface area (Å²) in [7, 11) is 0. The van der Waals surface area contributed by atoms with Crippen LogP contribution in [0.5, 0.6) is 11.5 Å². The molecule has 0 aromatic heterocycles. The number of hydrogen-bond donors (Lipinski definition) is 2. The number of amidine groups is 1. The number of nitrogens with two attached hydrogens (primary N) is 1. The van der Waals surface area contributed by atoms with Gasteiger partial charge in [0.15, 0.2) is 0 Å². The second kappa shape index (κ2) is 5.10. The van der Waals surface area contributed by atoms with E-state index in [2.05, 4.69) is 0 Å². The first-order valence-electron chi connectivity index (χ1n) is 5.87. The number of aryl methyl sites for hydroxylation is 2. The molecule has 4 heteroatoms. The molecule has 3 N–H and O–H groups in total. The molecule has 0 saturated heterocycles. The minimum absolute atomic E-state index is 0.0107. The van der Waals surface area contributed by atoms with Crippen molar-refractivity contribution in [2.24, 2.45) is 5.73 Å². The first-order valence-corrected chi connectivity index (χ1v) is 5.87. The highest BCUT2D eigenvalue weighted by atomic mass is 19.1. The number of hydrogen-bond acceptors (Lipinski definition) is 2. The van der Waals surface area contributed by atoms with E-state index in [-0.39, 0.29) is 17.1 Å². The maximum Gasteiger partial charge on any atom is 0.141 e. The first-order chi connectivity index (χ1) is 8.99. The Balaban J connectivity index is 2.46. The van der Waals surface area contributed by atoms with Gasteiger partial charge in [0, 0.05) is 0 Å². The van der Waals surface area contributed by atoms with E-state index in [9.17, 15) is 4.39 Å². The predicted octanol–water partition coefficient (Wildman–Crippen LogP) is 3.52. The van der Waals surface area contributed by atoms with Crippen LogP contribution in [-0.2, 0) is 0 Å². The van der Waals surface area contributed by atoms with Gasteiger partial charge in [0.2, 0.25) is 0 Å². The Hall–Kier alpha value is -2.36. The zero-order valence-corrected chi connectivity index (χ0v) is 10.8. The number of benzene rings is 2. The summed E-state index contributed by atoms with van der Waals surface area (Å²) >= 11 is 0.